The van der Waals surface area contributed by atoms with Gasteiger partial charge in [-0.3, -0.25) is 14.1 Å². The minimum atomic E-state index is -4.77. The Balaban J connectivity index is 3.96. The molecule has 0 bridgehead atoms. The fourth-order valence-electron chi connectivity index (χ4n) is 6.60. The van der Waals surface area contributed by atoms with Gasteiger partial charge in [0.25, 0.3) is 0 Å². The molecule has 1 atom stereocenters. The molecule has 0 saturated heterocycles. The Morgan fingerprint density at radius 3 is 1.23 bits per heavy atom. The topological polar surface area (TPSA) is 119 Å². The maximum Gasteiger partial charge on any atom is 0.469 e. The average molecular weight is 823 g/mol. The Bertz CT molecular complexity index is 1060. The summed E-state index contributed by atoms with van der Waals surface area (Å²) in [5, 5.41) is 0. The molecule has 57 heavy (non-hydrogen) atoms. The van der Waals surface area contributed by atoms with Gasteiger partial charge in [0, 0.05) is 12.8 Å². The molecule has 0 aliphatic heterocycles. The molecule has 332 valence electrons. The van der Waals surface area contributed by atoms with Gasteiger partial charge in [-0.2, -0.15) is 0 Å². The summed E-state index contributed by atoms with van der Waals surface area (Å²) in [4.78, 5) is 42.9. The van der Waals surface area contributed by atoms with Gasteiger partial charge in [0.1, 0.15) is 6.61 Å². The van der Waals surface area contributed by atoms with E-state index < -0.39 is 32.5 Å². The number of ether oxygens (including phenoxy) is 2. The number of carbonyl (C=O) groups excluding carboxylic acids is 2. The predicted molar refractivity (Wildman–Crippen MR) is 239 cm³/mol. The number of hydrogen-bond donors (Lipinski definition) is 2. The summed E-state index contributed by atoms with van der Waals surface area (Å²) < 4.78 is 26.4. The first-order valence-corrected chi connectivity index (χ1v) is 25.0. The van der Waals surface area contributed by atoms with Gasteiger partial charge in [-0.25, -0.2) is 4.57 Å². The molecule has 0 radical (unpaired) electrons. The van der Waals surface area contributed by atoms with E-state index in [1.165, 1.54) is 148 Å². The molecule has 8 nitrogen and oxygen atoms in total. The second-order valence-corrected chi connectivity index (χ2v) is 17.0. The Hall–Kier alpha value is -1.99. The molecular formula is C48H87O8P. The summed E-state index contributed by atoms with van der Waals surface area (Å²) >= 11 is 0. The van der Waals surface area contributed by atoms with Crippen LogP contribution in [0.15, 0.2) is 48.6 Å². The van der Waals surface area contributed by atoms with Crippen LogP contribution < -0.4 is 0 Å². The zero-order chi connectivity index (χ0) is 41.8. The van der Waals surface area contributed by atoms with Crippen LogP contribution in [0.25, 0.3) is 0 Å². The third kappa shape index (κ3) is 46.6. The van der Waals surface area contributed by atoms with Crippen LogP contribution in [0.3, 0.4) is 0 Å². The minimum Gasteiger partial charge on any atom is -0.462 e. The van der Waals surface area contributed by atoms with E-state index >= 15 is 0 Å². The number of rotatable bonds is 43. The summed E-state index contributed by atoms with van der Waals surface area (Å²) in [5.74, 6) is -0.943. The molecule has 0 spiro atoms. The van der Waals surface area contributed by atoms with Crippen molar-refractivity contribution in [3.63, 3.8) is 0 Å². The lowest BCUT2D eigenvalue weighted by Gasteiger charge is -2.18. The molecule has 0 rings (SSSR count). The molecular weight excluding hydrogens is 735 g/mol. The van der Waals surface area contributed by atoms with E-state index in [4.69, 9.17) is 19.3 Å². The molecule has 0 aromatic rings. The highest BCUT2D eigenvalue weighted by Gasteiger charge is 2.22. The summed E-state index contributed by atoms with van der Waals surface area (Å²) in [6.07, 6.45) is 54.2. The van der Waals surface area contributed by atoms with E-state index in [0.29, 0.717) is 12.8 Å². The summed E-state index contributed by atoms with van der Waals surface area (Å²) in [6.45, 7) is 3.66. The van der Waals surface area contributed by atoms with Gasteiger partial charge in [-0.05, 0) is 51.4 Å². The fraction of sp³-hybridized carbons (Fsp3) is 0.792. The Kier molecular flexibility index (Phi) is 42.1. The van der Waals surface area contributed by atoms with Crippen LogP contribution in [0.4, 0.5) is 0 Å². The first kappa shape index (κ1) is 55.0. The molecule has 9 heteroatoms. The van der Waals surface area contributed by atoms with Crippen molar-refractivity contribution in [1.29, 1.82) is 0 Å². The monoisotopic (exact) mass is 823 g/mol. The molecule has 0 heterocycles. The van der Waals surface area contributed by atoms with Crippen molar-refractivity contribution in [2.45, 2.75) is 232 Å². The number of unbranched alkanes of at least 4 members (excludes halogenated alkanes) is 25. The third-order valence-electron chi connectivity index (χ3n) is 10.1. The van der Waals surface area contributed by atoms with Gasteiger partial charge < -0.3 is 19.3 Å². The van der Waals surface area contributed by atoms with E-state index in [-0.39, 0.29) is 19.4 Å². The van der Waals surface area contributed by atoms with E-state index in [9.17, 15) is 14.2 Å². The Morgan fingerprint density at radius 1 is 0.456 bits per heavy atom. The second kappa shape index (κ2) is 43.6. The Morgan fingerprint density at radius 2 is 0.807 bits per heavy atom. The van der Waals surface area contributed by atoms with E-state index in [0.717, 1.165) is 38.5 Å². The smallest absolute Gasteiger partial charge is 0.462 e. The zero-order valence-corrected chi connectivity index (χ0v) is 37.6. The number of hydrogen-bond acceptors (Lipinski definition) is 6. The SMILES string of the molecule is CCCCCCCCC/C=C/C/C=C/C/C=C/C/C=C/CCCC(=O)O[C@H](COC(=O)CCCCCCCCCCCCCCCCCCCC)COP(=O)(O)O. The first-order valence-electron chi connectivity index (χ1n) is 23.4. The van der Waals surface area contributed by atoms with Gasteiger partial charge in [-0.15, -0.1) is 0 Å². The average Bonchev–Trinajstić information content (AvgIpc) is 3.18. The molecule has 0 saturated carbocycles. The molecule has 0 aromatic heterocycles. The van der Waals surface area contributed by atoms with Crippen LogP contribution in [0.5, 0.6) is 0 Å². The zero-order valence-electron chi connectivity index (χ0n) is 36.7. The lowest BCUT2D eigenvalue weighted by atomic mass is 10.0. The van der Waals surface area contributed by atoms with Gasteiger partial charge in [0.05, 0.1) is 6.61 Å². The van der Waals surface area contributed by atoms with Crippen LogP contribution in [-0.4, -0.2) is 41.0 Å². The van der Waals surface area contributed by atoms with Crippen LogP contribution in [0, 0.1) is 0 Å². The summed E-state index contributed by atoms with van der Waals surface area (Å²) in [6, 6.07) is 0. The second-order valence-electron chi connectivity index (χ2n) is 15.7. The molecule has 0 amide bonds. The predicted octanol–water partition coefficient (Wildman–Crippen LogP) is 14.7. The van der Waals surface area contributed by atoms with E-state index in [1.807, 2.05) is 6.08 Å². The molecule has 0 aliphatic rings. The van der Waals surface area contributed by atoms with Crippen LogP contribution in [0.2, 0.25) is 0 Å². The fourth-order valence-corrected chi connectivity index (χ4v) is 6.96. The molecule has 2 N–H and O–H groups in total. The van der Waals surface area contributed by atoms with Crippen LogP contribution in [0.1, 0.15) is 226 Å². The van der Waals surface area contributed by atoms with Crippen molar-refractivity contribution in [3.05, 3.63) is 48.6 Å². The van der Waals surface area contributed by atoms with Crippen LogP contribution in [-0.2, 0) is 28.2 Å². The molecule has 0 aliphatic carbocycles. The molecule has 0 fully saturated rings. The van der Waals surface area contributed by atoms with Crippen molar-refractivity contribution in [2.24, 2.45) is 0 Å². The van der Waals surface area contributed by atoms with Crippen molar-refractivity contribution in [3.8, 4) is 0 Å². The van der Waals surface area contributed by atoms with Crippen molar-refractivity contribution >= 4 is 19.8 Å². The van der Waals surface area contributed by atoms with Crippen molar-refractivity contribution < 1.29 is 37.9 Å². The highest BCUT2D eigenvalue weighted by molar-refractivity contribution is 7.46. The van der Waals surface area contributed by atoms with Gasteiger partial charge in [-0.1, -0.05) is 210 Å². The van der Waals surface area contributed by atoms with E-state index in [2.05, 4.69) is 60.9 Å². The molecule has 0 unspecified atom stereocenters. The first-order chi connectivity index (χ1) is 27.8. The van der Waals surface area contributed by atoms with Crippen molar-refractivity contribution in [2.75, 3.05) is 13.2 Å². The third-order valence-corrected chi connectivity index (χ3v) is 10.6. The summed E-state index contributed by atoms with van der Waals surface area (Å²) in [5.41, 5.74) is 0. The van der Waals surface area contributed by atoms with Crippen LogP contribution >= 0.6 is 7.82 Å². The van der Waals surface area contributed by atoms with Gasteiger partial charge in [0.15, 0.2) is 6.10 Å². The molecule has 0 aromatic carbocycles. The lowest BCUT2D eigenvalue weighted by Crippen LogP contribution is -2.29. The van der Waals surface area contributed by atoms with Gasteiger partial charge in [0.2, 0.25) is 0 Å². The minimum absolute atomic E-state index is 0.137. The largest absolute Gasteiger partial charge is 0.469 e. The number of allylic oxidation sites excluding steroid dienone is 8. The normalized spacial score (nSPS) is 12.8. The number of esters is 2. The standard InChI is InChI=1S/C48H87O8P/c1-3-5-7-9-11-13-15-17-19-21-23-24-25-27-29-31-33-35-37-39-41-43-48(50)56-46(45-55-57(51,52)53)44-54-47(49)42-40-38-36-34-32-30-28-26-22-20-18-16-14-12-10-8-6-4-2/h19,21,24-25,29,31,35,37,46H,3-18,20,22-23,26-28,30,32-34,36,38-45H2,1-2H3,(H2,51,52,53)/b21-19+,25-24+,31-29+,37-35+/t46-/m1/s1. The highest BCUT2D eigenvalue weighted by atomic mass is 31.2. The van der Waals surface area contributed by atoms with Crippen molar-refractivity contribution in [1.82, 2.24) is 0 Å². The quantitative estimate of drug-likeness (QED) is 0.0270. The maximum atomic E-state index is 12.4. The summed E-state index contributed by atoms with van der Waals surface area (Å²) in [7, 11) is -4.77. The highest BCUT2D eigenvalue weighted by Crippen LogP contribution is 2.36. The number of phosphoric ester groups is 1. The Labute approximate surface area is 350 Å². The van der Waals surface area contributed by atoms with Gasteiger partial charge >= 0.3 is 19.8 Å². The lowest BCUT2D eigenvalue weighted by molar-refractivity contribution is -0.161. The number of carbonyl (C=O) groups is 2. The number of phosphoric acid groups is 1. The maximum absolute atomic E-state index is 12.4. The van der Waals surface area contributed by atoms with E-state index in [1.54, 1.807) is 0 Å².